The summed E-state index contributed by atoms with van der Waals surface area (Å²) < 4.78 is 0. The topological polar surface area (TPSA) is 0 Å². The molecule has 2 fully saturated rings. The SMILES string of the molecule is CC(S)C1C2CCC1C(C)C2. The van der Waals surface area contributed by atoms with Crippen molar-refractivity contribution >= 4 is 12.6 Å². The lowest BCUT2D eigenvalue weighted by atomic mass is 9.89. The third-order valence-electron chi connectivity index (χ3n) is 3.87. The van der Waals surface area contributed by atoms with Gasteiger partial charge in [-0.3, -0.25) is 0 Å². The van der Waals surface area contributed by atoms with Gasteiger partial charge in [-0.1, -0.05) is 13.8 Å². The molecule has 5 atom stereocenters. The third-order valence-corrected chi connectivity index (χ3v) is 4.22. The maximum absolute atomic E-state index is 4.59. The van der Waals surface area contributed by atoms with Crippen LogP contribution in [0.4, 0.5) is 0 Å². The highest BCUT2D eigenvalue weighted by atomic mass is 32.1. The number of hydrogen-bond acceptors (Lipinski definition) is 1. The summed E-state index contributed by atoms with van der Waals surface area (Å²) in [6, 6.07) is 0. The minimum Gasteiger partial charge on any atom is -0.176 e. The molecule has 0 aromatic carbocycles. The lowest BCUT2D eigenvalue weighted by molar-refractivity contribution is 0.340. The molecule has 0 heterocycles. The summed E-state index contributed by atoms with van der Waals surface area (Å²) in [6.07, 6.45) is 4.46. The zero-order valence-corrected chi connectivity index (χ0v) is 8.35. The van der Waals surface area contributed by atoms with Crippen molar-refractivity contribution in [1.82, 2.24) is 0 Å². The highest BCUT2D eigenvalue weighted by molar-refractivity contribution is 7.80. The summed E-state index contributed by atoms with van der Waals surface area (Å²) in [5.41, 5.74) is 0. The van der Waals surface area contributed by atoms with Crippen LogP contribution in [0.1, 0.15) is 33.1 Å². The van der Waals surface area contributed by atoms with E-state index in [1.165, 1.54) is 19.3 Å². The molecular weight excluding hydrogens is 152 g/mol. The van der Waals surface area contributed by atoms with Gasteiger partial charge < -0.3 is 0 Å². The van der Waals surface area contributed by atoms with Gasteiger partial charge in [0.1, 0.15) is 0 Å². The van der Waals surface area contributed by atoms with Crippen LogP contribution in [0, 0.1) is 23.7 Å². The predicted molar refractivity (Wildman–Crippen MR) is 51.9 cm³/mol. The van der Waals surface area contributed by atoms with Crippen LogP contribution in [0.15, 0.2) is 0 Å². The molecule has 1 heteroatoms. The first-order valence-corrected chi connectivity index (χ1v) is 5.40. The summed E-state index contributed by atoms with van der Waals surface area (Å²) >= 11 is 4.59. The molecule has 0 aromatic rings. The quantitative estimate of drug-likeness (QED) is 0.575. The van der Waals surface area contributed by atoms with Crippen molar-refractivity contribution < 1.29 is 0 Å². The fourth-order valence-electron chi connectivity index (χ4n) is 3.48. The molecule has 2 aliphatic rings. The molecule has 2 bridgehead atoms. The van der Waals surface area contributed by atoms with E-state index in [0.29, 0.717) is 5.25 Å². The zero-order chi connectivity index (χ0) is 8.01. The van der Waals surface area contributed by atoms with Crippen LogP contribution in [0.3, 0.4) is 0 Å². The highest BCUT2D eigenvalue weighted by Crippen LogP contribution is 2.54. The highest BCUT2D eigenvalue weighted by Gasteiger charge is 2.47. The van der Waals surface area contributed by atoms with Crippen LogP contribution in [0.2, 0.25) is 0 Å². The van der Waals surface area contributed by atoms with E-state index in [4.69, 9.17) is 0 Å². The molecular formula is C10H18S. The molecule has 0 aromatic heterocycles. The van der Waals surface area contributed by atoms with E-state index in [2.05, 4.69) is 26.5 Å². The lowest BCUT2D eigenvalue weighted by Crippen LogP contribution is -2.17. The van der Waals surface area contributed by atoms with Crippen LogP contribution < -0.4 is 0 Å². The molecule has 0 aliphatic heterocycles. The van der Waals surface area contributed by atoms with Gasteiger partial charge in [-0.2, -0.15) is 12.6 Å². The van der Waals surface area contributed by atoms with Crippen molar-refractivity contribution in [3.8, 4) is 0 Å². The van der Waals surface area contributed by atoms with E-state index >= 15 is 0 Å². The molecule has 0 spiro atoms. The molecule has 11 heavy (non-hydrogen) atoms. The largest absolute Gasteiger partial charge is 0.176 e. The van der Waals surface area contributed by atoms with Gasteiger partial charge >= 0.3 is 0 Å². The zero-order valence-electron chi connectivity index (χ0n) is 7.46. The second kappa shape index (κ2) is 2.69. The first kappa shape index (κ1) is 7.97. The van der Waals surface area contributed by atoms with Gasteiger partial charge in [-0.05, 0) is 42.9 Å². The minimum absolute atomic E-state index is 0.637. The maximum atomic E-state index is 4.59. The van der Waals surface area contributed by atoms with Gasteiger partial charge in [0.2, 0.25) is 0 Å². The van der Waals surface area contributed by atoms with Crippen molar-refractivity contribution in [2.75, 3.05) is 0 Å². The van der Waals surface area contributed by atoms with Gasteiger partial charge in [-0.25, -0.2) is 0 Å². The maximum Gasteiger partial charge on any atom is 0.00221 e. The van der Waals surface area contributed by atoms with E-state index in [-0.39, 0.29) is 0 Å². The number of fused-ring (bicyclic) bond motifs is 2. The molecule has 2 rings (SSSR count). The second-order valence-corrected chi connectivity index (χ2v) is 5.35. The van der Waals surface area contributed by atoms with Crippen molar-refractivity contribution in [3.05, 3.63) is 0 Å². The minimum atomic E-state index is 0.637. The Morgan fingerprint density at radius 3 is 2.36 bits per heavy atom. The van der Waals surface area contributed by atoms with Gasteiger partial charge in [0.25, 0.3) is 0 Å². The van der Waals surface area contributed by atoms with Crippen LogP contribution >= 0.6 is 12.6 Å². The molecule has 0 saturated heterocycles. The Bertz CT molecular complexity index is 153. The summed E-state index contributed by atoms with van der Waals surface area (Å²) in [5.74, 6) is 4.00. The normalized spacial score (nSPS) is 51.5. The molecule has 0 nitrogen and oxygen atoms in total. The monoisotopic (exact) mass is 170 g/mol. The Morgan fingerprint density at radius 1 is 1.36 bits per heavy atom. The Kier molecular flexibility index (Phi) is 1.95. The fraction of sp³-hybridized carbons (Fsp3) is 1.00. The molecule has 5 unspecified atom stereocenters. The predicted octanol–water partition coefficient (Wildman–Crippen LogP) is 2.99. The van der Waals surface area contributed by atoms with E-state index < -0.39 is 0 Å². The molecule has 0 N–H and O–H groups in total. The van der Waals surface area contributed by atoms with Gasteiger partial charge in [0, 0.05) is 5.25 Å². The van der Waals surface area contributed by atoms with Crippen LogP contribution in [-0.4, -0.2) is 5.25 Å². The average molecular weight is 170 g/mol. The van der Waals surface area contributed by atoms with Crippen LogP contribution in [-0.2, 0) is 0 Å². The second-order valence-electron chi connectivity index (χ2n) is 4.53. The number of thiol groups is 1. The Labute approximate surface area is 75.2 Å². The van der Waals surface area contributed by atoms with Gasteiger partial charge in [0.15, 0.2) is 0 Å². The van der Waals surface area contributed by atoms with E-state index in [1.807, 2.05) is 0 Å². The third kappa shape index (κ3) is 1.12. The number of hydrogen-bond donors (Lipinski definition) is 1. The first-order valence-electron chi connectivity index (χ1n) is 4.88. The van der Waals surface area contributed by atoms with Crippen molar-refractivity contribution in [1.29, 1.82) is 0 Å². The van der Waals surface area contributed by atoms with Crippen molar-refractivity contribution in [2.24, 2.45) is 23.7 Å². The van der Waals surface area contributed by atoms with E-state index in [0.717, 1.165) is 23.7 Å². The summed E-state index contributed by atoms with van der Waals surface area (Å²) in [6.45, 7) is 4.70. The fourth-order valence-corrected chi connectivity index (χ4v) is 3.95. The van der Waals surface area contributed by atoms with Crippen LogP contribution in [0.5, 0.6) is 0 Å². The standard InChI is InChI=1S/C10H18S/c1-6-5-8-3-4-9(6)10(8)7(2)11/h6-11H,3-5H2,1-2H3. The van der Waals surface area contributed by atoms with E-state index in [9.17, 15) is 0 Å². The summed E-state index contributed by atoms with van der Waals surface area (Å²) in [4.78, 5) is 0. The average Bonchev–Trinajstić information content (AvgIpc) is 2.41. The molecule has 2 saturated carbocycles. The molecule has 64 valence electrons. The smallest absolute Gasteiger partial charge is 0.00221 e. The van der Waals surface area contributed by atoms with Gasteiger partial charge in [-0.15, -0.1) is 0 Å². The Hall–Kier alpha value is 0.350. The molecule has 0 amide bonds. The van der Waals surface area contributed by atoms with Gasteiger partial charge in [0.05, 0.1) is 0 Å². The molecule has 0 radical (unpaired) electrons. The Balaban J connectivity index is 2.13. The van der Waals surface area contributed by atoms with Crippen molar-refractivity contribution in [2.45, 2.75) is 38.4 Å². The molecule has 2 aliphatic carbocycles. The van der Waals surface area contributed by atoms with Crippen molar-refractivity contribution in [3.63, 3.8) is 0 Å². The summed E-state index contributed by atoms with van der Waals surface area (Å²) in [5, 5.41) is 0.637. The number of rotatable bonds is 1. The summed E-state index contributed by atoms with van der Waals surface area (Å²) in [7, 11) is 0. The Morgan fingerprint density at radius 2 is 2.09 bits per heavy atom. The lowest BCUT2D eigenvalue weighted by Gasteiger charge is -2.20. The first-order chi connectivity index (χ1) is 5.20. The van der Waals surface area contributed by atoms with Crippen LogP contribution in [0.25, 0.3) is 0 Å². The van der Waals surface area contributed by atoms with E-state index in [1.54, 1.807) is 0 Å².